The van der Waals surface area contributed by atoms with Gasteiger partial charge >= 0.3 is 5.69 Å². The van der Waals surface area contributed by atoms with Crippen molar-refractivity contribution < 1.29 is 14.6 Å². The Morgan fingerprint density at radius 2 is 2.42 bits per heavy atom. The maximum absolute atomic E-state index is 11.7. The Labute approximate surface area is 107 Å². The number of H-pyrrole nitrogens is 1. The molecule has 2 heterocycles. The van der Waals surface area contributed by atoms with E-state index in [0.717, 1.165) is 0 Å². The van der Waals surface area contributed by atoms with Crippen molar-refractivity contribution in [3.63, 3.8) is 0 Å². The quantitative estimate of drug-likeness (QED) is 0.678. The lowest BCUT2D eigenvalue weighted by atomic mass is 10.2. The van der Waals surface area contributed by atoms with Gasteiger partial charge in [0.1, 0.15) is 18.9 Å². The number of hydrogen-bond acceptors (Lipinski definition) is 6. The second kappa shape index (κ2) is 5.26. The second-order valence-corrected chi connectivity index (χ2v) is 4.31. The summed E-state index contributed by atoms with van der Waals surface area (Å²) in [4.78, 5) is 25.1. The highest BCUT2D eigenvalue weighted by atomic mass is 16.6. The summed E-state index contributed by atoms with van der Waals surface area (Å²) >= 11 is 0. The van der Waals surface area contributed by atoms with E-state index in [1.54, 1.807) is 6.92 Å². The molecule has 0 aromatic carbocycles. The normalized spacial score (nSPS) is 26.1. The van der Waals surface area contributed by atoms with Gasteiger partial charge in [-0.2, -0.15) is 5.26 Å². The Morgan fingerprint density at radius 1 is 1.68 bits per heavy atom. The lowest BCUT2D eigenvalue weighted by molar-refractivity contribution is -0.0463. The van der Waals surface area contributed by atoms with Gasteiger partial charge in [0.2, 0.25) is 0 Å². The molecule has 3 atom stereocenters. The Kier molecular flexibility index (Phi) is 3.69. The molecular formula is C11H13N3O5. The lowest BCUT2D eigenvalue weighted by Gasteiger charge is -2.15. The van der Waals surface area contributed by atoms with E-state index in [4.69, 9.17) is 10.00 Å². The van der Waals surface area contributed by atoms with E-state index < -0.39 is 29.7 Å². The molecule has 8 heteroatoms. The van der Waals surface area contributed by atoms with Crippen molar-refractivity contribution in [1.29, 1.82) is 5.26 Å². The number of aromatic amines is 1. The average molecular weight is 267 g/mol. The molecule has 0 unspecified atom stereocenters. The minimum atomic E-state index is -0.836. The van der Waals surface area contributed by atoms with Gasteiger partial charge in [-0.05, 0) is 6.92 Å². The van der Waals surface area contributed by atoms with E-state index in [9.17, 15) is 14.7 Å². The first-order valence-electron chi connectivity index (χ1n) is 5.69. The van der Waals surface area contributed by atoms with Crippen molar-refractivity contribution in [3.8, 4) is 6.26 Å². The fourth-order valence-electron chi connectivity index (χ4n) is 1.96. The number of aryl methyl sites for hydroxylation is 1. The third-order valence-corrected chi connectivity index (χ3v) is 2.97. The van der Waals surface area contributed by atoms with Crippen LogP contribution in [0, 0.1) is 18.4 Å². The van der Waals surface area contributed by atoms with E-state index in [-0.39, 0.29) is 13.0 Å². The largest absolute Gasteiger partial charge is 0.425 e. The molecule has 1 aromatic heterocycles. The number of ether oxygens (including phenoxy) is 2. The third kappa shape index (κ3) is 2.67. The van der Waals surface area contributed by atoms with E-state index >= 15 is 0 Å². The van der Waals surface area contributed by atoms with Crippen LogP contribution in [0.5, 0.6) is 0 Å². The first kappa shape index (κ1) is 13.3. The van der Waals surface area contributed by atoms with E-state index in [0.29, 0.717) is 5.56 Å². The average Bonchev–Trinajstić information content (AvgIpc) is 2.72. The van der Waals surface area contributed by atoms with Crippen LogP contribution in [0.1, 0.15) is 18.2 Å². The molecule has 2 N–H and O–H groups in total. The molecule has 0 aliphatic carbocycles. The highest BCUT2D eigenvalue weighted by Crippen LogP contribution is 2.27. The van der Waals surface area contributed by atoms with Crippen molar-refractivity contribution in [2.75, 3.05) is 6.61 Å². The van der Waals surface area contributed by atoms with Crippen LogP contribution in [0.3, 0.4) is 0 Å². The fourth-order valence-corrected chi connectivity index (χ4v) is 1.96. The monoisotopic (exact) mass is 267 g/mol. The van der Waals surface area contributed by atoms with Gasteiger partial charge in [0.05, 0.1) is 6.10 Å². The number of aliphatic hydroxyl groups is 1. The first-order valence-corrected chi connectivity index (χ1v) is 5.69. The predicted molar refractivity (Wildman–Crippen MR) is 62.2 cm³/mol. The van der Waals surface area contributed by atoms with E-state index in [1.807, 2.05) is 0 Å². The highest BCUT2D eigenvalue weighted by Gasteiger charge is 2.36. The molecule has 0 amide bonds. The highest BCUT2D eigenvalue weighted by molar-refractivity contribution is 5.02. The van der Waals surface area contributed by atoms with Crippen LogP contribution in [0.15, 0.2) is 15.8 Å². The Hall–Kier alpha value is -2.11. The number of aromatic nitrogens is 2. The van der Waals surface area contributed by atoms with E-state index in [1.165, 1.54) is 17.0 Å². The van der Waals surface area contributed by atoms with Crippen LogP contribution in [-0.2, 0) is 9.47 Å². The van der Waals surface area contributed by atoms with Crippen LogP contribution >= 0.6 is 0 Å². The number of nitriles is 1. The number of rotatable bonds is 3. The Balaban J connectivity index is 2.21. The molecule has 102 valence electrons. The molecule has 0 spiro atoms. The lowest BCUT2D eigenvalue weighted by Crippen LogP contribution is -2.33. The van der Waals surface area contributed by atoms with Crippen LogP contribution in [0.2, 0.25) is 0 Å². The summed E-state index contributed by atoms with van der Waals surface area (Å²) in [7, 11) is 0. The van der Waals surface area contributed by atoms with Gasteiger partial charge in [-0.15, -0.1) is 0 Å². The summed E-state index contributed by atoms with van der Waals surface area (Å²) < 4.78 is 11.2. The second-order valence-electron chi connectivity index (χ2n) is 4.31. The van der Waals surface area contributed by atoms with Gasteiger partial charge in [-0.3, -0.25) is 14.3 Å². The minimum absolute atomic E-state index is 0.0781. The van der Waals surface area contributed by atoms with Gasteiger partial charge in [0.25, 0.3) is 11.8 Å². The Morgan fingerprint density at radius 3 is 3.11 bits per heavy atom. The van der Waals surface area contributed by atoms with Gasteiger partial charge in [-0.1, -0.05) is 0 Å². The molecule has 1 aliphatic rings. The first-order chi connectivity index (χ1) is 9.02. The van der Waals surface area contributed by atoms with Crippen LogP contribution in [0.4, 0.5) is 0 Å². The molecule has 8 nitrogen and oxygen atoms in total. The molecule has 19 heavy (non-hydrogen) atoms. The van der Waals surface area contributed by atoms with Crippen LogP contribution in [0.25, 0.3) is 0 Å². The van der Waals surface area contributed by atoms with Crippen LogP contribution in [-0.4, -0.2) is 33.5 Å². The molecule has 2 rings (SSSR count). The zero-order valence-corrected chi connectivity index (χ0v) is 10.2. The fraction of sp³-hybridized carbons (Fsp3) is 0.545. The number of hydrogen-bond donors (Lipinski definition) is 2. The minimum Gasteiger partial charge on any atom is -0.425 e. The molecule has 1 saturated heterocycles. The molecular weight excluding hydrogens is 254 g/mol. The summed E-state index contributed by atoms with van der Waals surface area (Å²) in [5.74, 6) is 0. The number of nitrogens with zero attached hydrogens (tertiary/aromatic N) is 2. The van der Waals surface area contributed by atoms with E-state index in [2.05, 4.69) is 9.72 Å². The molecule has 0 bridgehead atoms. The van der Waals surface area contributed by atoms with Gasteiger partial charge in [-0.25, -0.2) is 4.79 Å². The smallest absolute Gasteiger partial charge is 0.330 e. The topological polar surface area (TPSA) is 117 Å². The van der Waals surface area contributed by atoms with Crippen molar-refractivity contribution >= 4 is 0 Å². The maximum atomic E-state index is 11.7. The van der Waals surface area contributed by atoms with Crippen molar-refractivity contribution in [2.24, 2.45) is 0 Å². The van der Waals surface area contributed by atoms with Gasteiger partial charge < -0.3 is 14.6 Å². The van der Waals surface area contributed by atoms with Gasteiger partial charge in [0, 0.05) is 18.2 Å². The van der Waals surface area contributed by atoms with Crippen molar-refractivity contribution in [1.82, 2.24) is 9.55 Å². The van der Waals surface area contributed by atoms with Crippen LogP contribution < -0.4 is 11.2 Å². The van der Waals surface area contributed by atoms with Gasteiger partial charge in [0.15, 0.2) is 0 Å². The maximum Gasteiger partial charge on any atom is 0.330 e. The molecule has 0 saturated carbocycles. The standard InChI is InChI=1S/C11H13N3O5/c1-6-3-14(11(17)13-10(6)16)9-2-7(15)8(19-9)4-18-5-12/h3,7-9,15H,2,4H2,1H3,(H,13,16,17)/t7-,8+,9+/m0/s1. The Bertz CT molecular complexity index is 614. The molecule has 1 fully saturated rings. The predicted octanol–water partition coefficient (Wildman–Crippen LogP) is -1.01. The number of nitrogens with one attached hydrogen (secondary N) is 1. The number of aliphatic hydroxyl groups excluding tert-OH is 1. The van der Waals surface area contributed by atoms with Crippen molar-refractivity contribution in [2.45, 2.75) is 31.8 Å². The summed E-state index contributed by atoms with van der Waals surface area (Å²) in [5, 5.41) is 18.1. The summed E-state index contributed by atoms with van der Waals surface area (Å²) in [6.45, 7) is 1.49. The molecule has 1 aliphatic heterocycles. The summed E-state index contributed by atoms with van der Waals surface area (Å²) in [6, 6.07) is 0. The zero-order valence-electron chi connectivity index (χ0n) is 10.2. The van der Waals surface area contributed by atoms with Crippen molar-refractivity contribution in [3.05, 3.63) is 32.6 Å². The molecule has 0 radical (unpaired) electrons. The molecule has 1 aromatic rings. The SMILES string of the molecule is Cc1cn([C@H]2C[C@H](O)[C@@H](COC#N)O2)c(=O)[nH]c1=O. The zero-order chi connectivity index (χ0) is 14.0. The summed E-state index contributed by atoms with van der Waals surface area (Å²) in [6.07, 6.45) is 0.855. The third-order valence-electron chi connectivity index (χ3n) is 2.97. The summed E-state index contributed by atoms with van der Waals surface area (Å²) in [5.41, 5.74) is -0.687.